The Morgan fingerprint density at radius 1 is 0.926 bits per heavy atom. The highest BCUT2D eigenvalue weighted by molar-refractivity contribution is 6.31. The molecule has 0 saturated carbocycles. The topological polar surface area (TPSA) is 17.0 Å². The van der Waals surface area contributed by atoms with E-state index >= 15 is 0 Å². The van der Waals surface area contributed by atoms with E-state index in [2.05, 4.69) is 60.1 Å². The molecule has 0 spiro atoms. The molecule has 1 aromatic heterocycles. The van der Waals surface area contributed by atoms with E-state index in [1.54, 1.807) is 0 Å². The van der Waals surface area contributed by atoms with Crippen LogP contribution in [0.3, 0.4) is 0 Å². The van der Waals surface area contributed by atoms with Gasteiger partial charge < -0.3 is 9.88 Å². The molecule has 27 heavy (non-hydrogen) atoms. The largest absolute Gasteiger partial charge is 0.340 e. The molecule has 0 unspecified atom stereocenters. The summed E-state index contributed by atoms with van der Waals surface area (Å²) in [4.78, 5) is 0. The fourth-order valence-electron chi connectivity index (χ4n) is 3.79. The maximum atomic E-state index is 6.41. The van der Waals surface area contributed by atoms with Crippen molar-refractivity contribution in [1.29, 1.82) is 0 Å². The van der Waals surface area contributed by atoms with Crippen LogP contribution in [0, 0.1) is 6.92 Å². The van der Waals surface area contributed by atoms with Crippen molar-refractivity contribution in [2.45, 2.75) is 59.0 Å². The van der Waals surface area contributed by atoms with E-state index in [4.69, 9.17) is 11.6 Å². The predicted octanol–water partition coefficient (Wildman–Crippen LogP) is 6.71. The summed E-state index contributed by atoms with van der Waals surface area (Å²) in [6.07, 6.45) is 6.60. The Morgan fingerprint density at radius 3 is 2.48 bits per heavy atom. The van der Waals surface area contributed by atoms with Gasteiger partial charge in [-0.05, 0) is 43.1 Å². The zero-order valence-electron chi connectivity index (χ0n) is 16.6. The van der Waals surface area contributed by atoms with Crippen LogP contribution < -0.4 is 5.32 Å². The molecule has 0 amide bonds. The van der Waals surface area contributed by atoms with Gasteiger partial charge in [0, 0.05) is 34.7 Å². The van der Waals surface area contributed by atoms with Crippen LogP contribution in [0.1, 0.15) is 55.8 Å². The molecule has 3 aromatic rings. The van der Waals surface area contributed by atoms with Gasteiger partial charge in [-0.15, -0.1) is 0 Å². The van der Waals surface area contributed by atoms with Gasteiger partial charge in [0.25, 0.3) is 0 Å². The first-order valence-electron chi connectivity index (χ1n) is 10.2. The first kappa shape index (κ1) is 20.0. The van der Waals surface area contributed by atoms with Gasteiger partial charge in [-0.1, -0.05) is 80.6 Å². The van der Waals surface area contributed by atoms with Crippen molar-refractivity contribution in [3.63, 3.8) is 0 Å². The third-order valence-electron chi connectivity index (χ3n) is 5.41. The number of aromatic nitrogens is 1. The quantitative estimate of drug-likeness (QED) is 0.385. The number of nitrogens with one attached hydrogen (secondary N) is 1. The number of para-hydroxylation sites is 1. The SMILES string of the molecule is CCCCCCCNCc1c(C)n(Cc2ccccc2Cl)c2ccccc12. The fourth-order valence-corrected chi connectivity index (χ4v) is 3.99. The van der Waals surface area contributed by atoms with Gasteiger partial charge in [0.2, 0.25) is 0 Å². The van der Waals surface area contributed by atoms with Crippen molar-refractivity contribution in [3.8, 4) is 0 Å². The summed E-state index contributed by atoms with van der Waals surface area (Å²) < 4.78 is 2.40. The minimum atomic E-state index is 0.809. The van der Waals surface area contributed by atoms with E-state index in [9.17, 15) is 0 Å². The number of halogens is 1. The normalized spacial score (nSPS) is 11.4. The molecule has 0 atom stereocenters. The third-order valence-corrected chi connectivity index (χ3v) is 5.78. The lowest BCUT2D eigenvalue weighted by atomic mass is 10.1. The molecule has 0 radical (unpaired) electrons. The molecule has 0 aliphatic carbocycles. The zero-order chi connectivity index (χ0) is 19.1. The second kappa shape index (κ2) is 9.96. The van der Waals surface area contributed by atoms with Crippen molar-refractivity contribution in [3.05, 3.63) is 70.4 Å². The van der Waals surface area contributed by atoms with Gasteiger partial charge in [0.15, 0.2) is 0 Å². The van der Waals surface area contributed by atoms with Crippen molar-refractivity contribution >= 4 is 22.5 Å². The lowest BCUT2D eigenvalue weighted by molar-refractivity contribution is 0.583. The van der Waals surface area contributed by atoms with Crippen molar-refractivity contribution in [2.75, 3.05) is 6.54 Å². The Hall–Kier alpha value is -1.77. The van der Waals surface area contributed by atoms with Crippen LogP contribution >= 0.6 is 11.6 Å². The maximum absolute atomic E-state index is 6.41. The number of fused-ring (bicyclic) bond motifs is 1. The predicted molar refractivity (Wildman–Crippen MR) is 118 cm³/mol. The highest BCUT2D eigenvalue weighted by Gasteiger charge is 2.14. The molecule has 3 heteroatoms. The lowest BCUT2D eigenvalue weighted by Gasteiger charge is -2.11. The van der Waals surface area contributed by atoms with Crippen LogP contribution in [0.2, 0.25) is 5.02 Å². The summed E-state index contributed by atoms with van der Waals surface area (Å²) in [5.74, 6) is 0. The number of benzene rings is 2. The van der Waals surface area contributed by atoms with Crippen LogP contribution in [-0.4, -0.2) is 11.1 Å². The van der Waals surface area contributed by atoms with Gasteiger partial charge in [0.05, 0.1) is 0 Å². The summed E-state index contributed by atoms with van der Waals surface area (Å²) in [7, 11) is 0. The average molecular weight is 383 g/mol. The van der Waals surface area contributed by atoms with Gasteiger partial charge in [-0.2, -0.15) is 0 Å². The van der Waals surface area contributed by atoms with Crippen LogP contribution in [0.5, 0.6) is 0 Å². The van der Waals surface area contributed by atoms with E-state index in [1.807, 2.05) is 12.1 Å². The molecule has 144 valence electrons. The molecule has 0 aliphatic heterocycles. The minimum Gasteiger partial charge on any atom is -0.340 e. The first-order valence-corrected chi connectivity index (χ1v) is 10.6. The molecule has 2 aromatic carbocycles. The molecule has 1 N–H and O–H groups in total. The fraction of sp³-hybridized carbons (Fsp3) is 0.417. The van der Waals surface area contributed by atoms with Crippen molar-refractivity contribution < 1.29 is 0 Å². The Bertz CT molecular complexity index is 866. The minimum absolute atomic E-state index is 0.809. The third kappa shape index (κ3) is 4.94. The van der Waals surface area contributed by atoms with Crippen LogP contribution in [0.25, 0.3) is 10.9 Å². The Kier molecular flexibility index (Phi) is 7.37. The van der Waals surface area contributed by atoms with Crippen LogP contribution in [0.15, 0.2) is 48.5 Å². The summed E-state index contributed by atoms with van der Waals surface area (Å²) in [5.41, 5.74) is 5.19. The standard InChI is InChI=1S/C24H31ClN2/c1-3-4-5-6-11-16-26-17-22-19(2)27(24-15-10-8-13-21(22)24)18-20-12-7-9-14-23(20)25/h7-10,12-15,26H,3-6,11,16-18H2,1-2H3. The number of nitrogens with zero attached hydrogens (tertiary/aromatic N) is 1. The number of hydrogen-bond donors (Lipinski definition) is 1. The van der Waals surface area contributed by atoms with Gasteiger partial charge in [0.1, 0.15) is 0 Å². The number of rotatable bonds is 10. The summed E-state index contributed by atoms with van der Waals surface area (Å²) in [6, 6.07) is 16.8. The Balaban J connectivity index is 1.74. The zero-order valence-corrected chi connectivity index (χ0v) is 17.4. The first-order chi connectivity index (χ1) is 13.2. The molecule has 3 rings (SSSR count). The Morgan fingerprint density at radius 2 is 1.67 bits per heavy atom. The van der Waals surface area contributed by atoms with Crippen molar-refractivity contribution in [2.24, 2.45) is 0 Å². The molecule has 0 fully saturated rings. The van der Waals surface area contributed by atoms with E-state index in [1.165, 1.54) is 59.8 Å². The summed E-state index contributed by atoms with van der Waals surface area (Å²) in [5, 5.41) is 5.84. The highest BCUT2D eigenvalue weighted by Crippen LogP contribution is 2.28. The molecule has 0 aliphatic rings. The van der Waals surface area contributed by atoms with Crippen molar-refractivity contribution in [1.82, 2.24) is 9.88 Å². The molecular weight excluding hydrogens is 352 g/mol. The van der Waals surface area contributed by atoms with Crippen LogP contribution in [-0.2, 0) is 13.1 Å². The second-order valence-electron chi connectivity index (χ2n) is 7.35. The van der Waals surface area contributed by atoms with Crippen LogP contribution in [0.4, 0.5) is 0 Å². The lowest BCUT2D eigenvalue weighted by Crippen LogP contribution is -2.15. The number of hydrogen-bond acceptors (Lipinski definition) is 1. The molecule has 1 heterocycles. The monoisotopic (exact) mass is 382 g/mol. The second-order valence-corrected chi connectivity index (χ2v) is 7.76. The van der Waals surface area contributed by atoms with Gasteiger partial charge in [-0.3, -0.25) is 0 Å². The smallest absolute Gasteiger partial charge is 0.0493 e. The summed E-state index contributed by atoms with van der Waals surface area (Å²) in [6.45, 7) is 7.32. The molecule has 0 bridgehead atoms. The maximum Gasteiger partial charge on any atom is 0.0493 e. The summed E-state index contributed by atoms with van der Waals surface area (Å²) >= 11 is 6.41. The molecular formula is C24H31ClN2. The van der Waals surface area contributed by atoms with E-state index < -0.39 is 0 Å². The molecule has 2 nitrogen and oxygen atoms in total. The number of unbranched alkanes of at least 4 members (excludes halogenated alkanes) is 4. The average Bonchev–Trinajstić information content (AvgIpc) is 2.95. The van der Waals surface area contributed by atoms with E-state index in [0.717, 1.165) is 24.7 Å². The highest BCUT2D eigenvalue weighted by atomic mass is 35.5. The van der Waals surface area contributed by atoms with Gasteiger partial charge >= 0.3 is 0 Å². The van der Waals surface area contributed by atoms with Gasteiger partial charge in [-0.25, -0.2) is 0 Å². The van der Waals surface area contributed by atoms with E-state index in [-0.39, 0.29) is 0 Å². The van der Waals surface area contributed by atoms with E-state index in [0.29, 0.717) is 0 Å². The molecule has 0 saturated heterocycles. The Labute approximate surface area is 168 Å².